The van der Waals surface area contributed by atoms with Crippen molar-refractivity contribution in [3.05, 3.63) is 10.4 Å². The summed E-state index contributed by atoms with van der Waals surface area (Å²) in [5, 5.41) is 2.97. The molecule has 0 aromatic rings. The number of hydrogen-bond acceptors (Lipinski definition) is 1. The summed E-state index contributed by atoms with van der Waals surface area (Å²) in [7, 11) is 0. The molecular formula is C8H19AlN3. The zero-order chi connectivity index (χ0) is 9.98. The van der Waals surface area contributed by atoms with Crippen LogP contribution in [0.1, 0.15) is 27.7 Å². The van der Waals surface area contributed by atoms with E-state index in [4.69, 9.17) is 11.1 Å². The normalized spacial score (nSPS) is 8.83. The van der Waals surface area contributed by atoms with E-state index in [2.05, 4.69) is 27.7 Å². The number of nitrogens with one attached hydrogen (secondary N) is 1. The average Bonchev–Trinajstić information content (AvgIpc) is 1.87. The molecule has 0 saturated heterocycles. The van der Waals surface area contributed by atoms with Crippen LogP contribution in [0.15, 0.2) is 0 Å². The first-order valence-corrected chi connectivity index (χ1v) is 6.00. The first kappa shape index (κ1) is 14.4. The van der Waals surface area contributed by atoms with Crippen LogP contribution >= 0.6 is 0 Å². The predicted molar refractivity (Wildman–Crippen MR) is 54.5 cm³/mol. The molecule has 1 N–H and O–H groups in total. The third kappa shape index (κ3) is 22.5. The van der Waals surface area contributed by atoms with Gasteiger partial charge in [0.1, 0.15) is 0 Å². The topological polar surface area (TPSA) is 60.3 Å². The van der Waals surface area contributed by atoms with Gasteiger partial charge in [0, 0.05) is 0 Å². The molecule has 3 nitrogen and oxygen atoms in total. The van der Waals surface area contributed by atoms with E-state index < -0.39 is 0 Å². The van der Waals surface area contributed by atoms with Gasteiger partial charge in [-0.1, -0.05) is 39.5 Å². The van der Waals surface area contributed by atoms with Crippen molar-refractivity contribution in [3.63, 3.8) is 0 Å². The van der Waals surface area contributed by atoms with Crippen LogP contribution in [-0.4, -0.2) is 15.2 Å². The molecule has 0 fully saturated rings. The minimum atomic E-state index is 0.755. The smallest absolute Gasteiger partial charge is 0.108 e. The molecule has 0 aliphatic carbocycles. The van der Waals surface area contributed by atoms with Gasteiger partial charge in [0.15, 0.2) is 0 Å². The third-order valence-corrected chi connectivity index (χ3v) is 3.83. The highest BCUT2D eigenvalue weighted by Crippen LogP contribution is 2.05. The van der Waals surface area contributed by atoms with Crippen molar-refractivity contribution >= 4 is 15.2 Å². The molecular weight excluding hydrogens is 165 g/mol. The van der Waals surface area contributed by atoms with Crippen LogP contribution in [0, 0.1) is 17.4 Å². The van der Waals surface area contributed by atoms with Crippen LogP contribution < -0.4 is 0 Å². The zero-order valence-electron chi connectivity index (χ0n) is 8.54. The second kappa shape index (κ2) is 10.8. The standard InChI is InChI=1S/2C4H9.Al.HN3/c2*1-4(2)3;;1-3-2/h2*4H,1H2,2-3H3;;1H. The summed E-state index contributed by atoms with van der Waals surface area (Å²) in [5.41, 5.74) is 12.2. The van der Waals surface area contributed by atoms with Gasteiger partial charge in [0.2, 0.25) is 15.2 Å². The van der Waals surface area contributed by atoms with Crippen LogP contribution in [-0.2, 0) is 0 Å². The van der Waals surface area contributed by atoms with Gasteiger partial charge >= 0.3 is 0 Å². The molecule has 0 aliphatic heterocycles. The Bertz CT molecular complexity index is 109. The molecule has 0 heterocycles. The monoisotopic (exact) mass is 184 g/mol. The molecule has 0 atom stereocenters. The number of nitrogens with zero attached hydrogens (tertiary/aromatic N) is 2. The molecule has 0 rings (SSSR count). The van der Waals surface area contributed by atoms with Crippen molar-refractivity contribution in [2.75, 3.05) is 0 Å². The molecule has 0 bridgehead atoms. The Balaban J connectivity index is 0. The summed E-state index contributed by atoms with van der Waals surface area (Å²) in [5.74, 6) is 1.86. The Labute approximate surface area is 81.7 Å². The van der Waals surface area contributed by atoms with Gasteiger partial charge in [-0.15, -0.1) is 16.1 Å². The summed E-state index contributed by atoms with van der Waals surface area (Å²) < 4.78 is 0. The summed E-state index contributed by atoms with van der Waals surface area (Å²) >= 11 is 0.755. The fourth-order valence-electron chi connectivity index (χ4n) is 0.763. The molecule has 69 valence electrons. The maximum Gasteiger partial charge on any atom is 0.200 e. The molecule has 1 radical (unpaired) electrons. The van der Waals surface area contributed by atoms with Gasteiger partial charge in [-0.2, -0.15) is 0 Å². The van der Waals surface area contributed by atoms with E-state index in [1.807, 2.05) is 0 Å². The Kier molecular flexibility index (Phi) is 13.0. The van der Waals surface area contributed by atoms with E-state index in [0.717, 1.165) is 27.1 Å². The zero-order valence-corrected chi connectivity index (χ0v) is 9.70. The quantitative estimate of drug-likeness (QED) is 0.299. The van der Waals surface area contributed by atoms with Crippen LogP contribution in [0.5, 0.6) is 0 Å². The Morgan fingerprint density at radius 1 is 1.17 bits per heavy atom. The predicted octanol–water partition coefficient (Wildman–Crippen LogP) is 3.71. The lowest BCUT2D eigenvalue weighted by Gasteiger charge is -2.03. The largest absolute Gasteiger partial charge is 0.200 e. The lowest BCUT2D eigenvalue weighted by molar-refractivity contribution is 0.700. The summed E-state index contributed by atoms with van der Waals surface area (Å²) in [6, 6.07) is 0. The average molecular weight is 184 g/mol. The van der Waals surface area contributed by atoms with Crippen molar-refractivity contribution < 1.29 is 0 Å². The summed E-state index contributed by atoms with van der Waals surface area (Å²) in [6.45, 7) is 9.25. The van der Waals surface area contributed by atoms with Gasteiger partial charge in [0.25, 0.3) is 0 Å². The fraction of sp³-hybridized carbons (Fsp3) is 1.00. The van der Waals surface area contributed by atoms with Gasteiger partial charge in [-0.25, -0.2) is 0 Å². The molecule has 0 saturated carbocycles. The van der Waals surface area contributed by atoms with Crippen molar-refractivity contribution in [1.29, 1.82) is 5.53 Å². The SMILES string of the molecule is CC(C)[CH2][Al][CH2]C(C)C.[N-]=[N+]=N. The van der Waals surface area contributed by atoms with E-state index in [1.165, 1.54) is 10.6 Å². The van der Waals surface area contributed by atoms with E-state index in [1.54, 1.807) is 4.91 Å². The minimum Gasteiger partial charge on any atom is -0.108 e. The Morgan fingerprint density at radius 3 is 1.58 bits per heavy atom. The Morgan fingerprint density at radius 2 is 1.42 bits per heavy atom. The van der Waals surface area contributed by atoms with Crippen LogP contribution in [0.4, 0.5) is 0 Å². The van der Waals surface area contributed by atoms with E-state index in [0.29, 0.717) is 0 Å². The minimum absolute atomic E-state index is 0.755. The first-order valence-electron chi connectivity index (χ1n) is 4.37. The van der Waals surface area contributed by atoms with Crippen molar-refractivity contribution in [1.82, 2.24) is 0 Å². The second-order valence-electron chi connectivity index (χ2n) is 3.65. The van der Waals surface area contributed by atoms with Crippen molar-refractivity contribution in [2.24, 2.45) is 11.8 Å². The summed E-state index contributed by atoms with van der Waals surface area (Å²) in [4.78, 5) is 1.75. The van der Waals surface area contributed by atoms with Gasteiger partial charge in [-0.3, -0.25) is 0 Å². The summed E-state index contributed by atoms with van der Waals surface area (Å²) in [6.07, 6.45) is 0. The highest BCUT2D eigenvalue weighted by Gasteiger charge is 1.98. The molecule has 0 amide bonds. The van der Waals surface area contributed by atoms with Crippen LogP contribution in [0.3, 0.4) is 0 Å². The lowest BCUT2D eigenvalue weighted by Crippen LogP contribution is -1.99. The van der Waals surface area contributed by atoms with E-state index >= 15 is 0 Å². The molecule has 12 heavy (non-hydrogen) atoms. The van der Waals surface area contributed by atoms with E-state index in [9.17, 15) is 0 Å². The number of hydrogen-bond donors (Lipinski definition) is 1. The van der Waals surface area contributed by atoms with Crippen LogP contribution in [0.25, 0.3) is 10.4 Å². The first-order chi connectivity index (χ1) is 5.54. The maximum atomic E-state index is 6.86. The molecule has 4 heteroatoms. The molecule has 0 unspecified atom stereocenters. The van der Waals surface area contributed by atoms with Crippen molar-refractivity contribution in [2.45, 2.75) is 38.3 Å². The highest BCUT2D eigenvalue weighted by atomic mass is 27.1. The molecule has 0 spiro atoms. The second-order valence-corrected chi connectivity index (χ2v) is 5.17. The van der Waals surface area contributed by atoms with Crippen LogP contribution in [0.2, 0.25) is 10.6 Å². The highest BCUT2D eigenvalue weighted by molar-refractivity contribution is 6.35. The van der Waals surface area contributed by atoms with E-state index in [-0.39, 0.29) is 0 Å². The third-order valence-electron chi connectivity index (χ3n) is 1.28. The van der Waals surface area contributed by atoms with Gasteiger partial charge < -0.3 is 0 Å². The number of rotatable bonds is 4. The molecule has 0 aromatic carbocycles. The fourth-order valence-corrected chi connectivity index (χ4v) is 2.29. The van der Waals surface area contributed by atoms with Crippen molar-refractivity contribution in [3.8, 4) is 0 Å². The molecule has 0 aromatic heterocycles. The Hall–Kier alpha value is -0.158. The molecule has 0 aliphatic rings. The van der Waals surface area contributed by atoms with Gasteiger partial charge in [0.05, 0.1) is 0 Å². The maximum absolute atomic E-state index is 6.86. The lowest BCUT2D eigenvalue weighted by atomic mass is 10.3. The van der Waals surface area contributed by atoms with Gasteiger partial charge in [-0.05, 0) is 10.4 Å².